The van der Waals surface area contributed by atoms with Gasteiger partial charge in [0.15, 0.2) is 0 Å². The Kier molecular flexibility index (Phi) is 5.52. The normalized spacial score (nSPS) is 15.7. The lowest BCUT2D eigenvalue weighted by atomic mass is 10.0. The molecule has 9 nitrogen and oxygen atoms in total. The number of carbonyl (C=O) groups is 2. The first kappa shape index (κ1) is 20.3. The molecule has 4 rings (SSSR count). The highest BCUT2D eigenvalue weighted by molar-refractivity contribution is 5.90. The lowest BCUT2D eigenvalue weighted by Gasteiger charge is -2.14. The van der Waals surface area contributed by atoms with Crippen LogP contribution in [0.2, 0.25) is 0 Å². The quantitative estimate of drug-likeness (QED) is 0.627. The maximum Gasteiger partial charge on any atom is 0.414 e. The van der Waals surface area contributed by atoms with Crippen LogP contribution in [-0.4, -0.2) is 46.0 Å². The van der Waals surface area contributed by atoms with Crippen LogP contribution in [0.5, 0.6) is 0 Å². The van der Waals surface area contributed by atoms with E-state index in [0.717, 1.165) is 5.56 Å². The minimum Gasteiger partial charge on any atom is -0.442 e. The van der Waals surface area contributed by atoms with Crippen LogP contribution in [0.25, 0.3) is 11.1 Å². The first-order valence-electron chi connectivity index (χ1n) is 9.65. The van der Waals surface area contributed by atoms with Crippen molar-refractivity contribution in [2.24, 2.45) is 0 Å². The van der Waals surface area contributed by atoms with Gasteiger partial charge in [-0.25, -0.2) is 18.9 Å². The largest absolute Gasteiger partial charge is 0.442 e. The molecular formula is C21H21FN6O3. The molecule has 1 atom stereocenters. The molecule has 2 heterocycles. The smallest absolute Gasteiger partial charge is 0.414 e. The molecule has 3 aromatic rings. The number of ether oxygens (including phenoxy) is 1. The van der Waals surface area contributed by atoms with E-state index in [-0.39, 0.29) is 24.9 Å². The molecule has 10 heteroatoms. The van der Waals surface area contributed by atoms with Crippen molar-refractivity contribution in [2.75, 3.05) is 23.7 Å². The van der Waals surface area contributed by atoms with Crippen molar-refractivity contribution in [3.05, 3.63) is 60.2 Å². The van der Waals surface area contributed by atoms with Gasteiger partial charge in [0, 0.05) is 12.5 Å². The Hall–Kier alpha value is -3.95. The summed E-state index contributed by atoms with van der Waals surface area (Å²) in [4.78, 5) is 28.4. The molecule has 1 aromatic heterocycles. The number of benzene rings is 2. The van der Waals surface area contributed by atoms with Crippen LogP contribution in [0.1, 0.15) is 12.5 Å². The molecule has 31 heavy (non-hydrogen) atoms. The average molecular weight is 424 g/mol. The summed E-state index contributed by atoms with van der Waals surface area (Å²) in [6, 6.07) is 12.0. The minimum atomic E-state index is -0.569. The van der Waals surface area contributed by atoms with Crippen molar-refractivity contribution in [1.82, 2.24) is 20.1 Å². The number of carbonyl (C=O) groups excluding carboxylic acids is 2. The van der Waals surface area contributed by atoms with Crippen LogP contribution in [0.15, 0.2) is 48.8 Å². The van der Waals surface area contributed by atoms with Gasteiger partial charge in [-0.1, -0.05) is 24.3 Å². The summed E-state index contributed by atoms with van der Waals surface area (Å²) in [6.45, 7) is 2.34. The Balaban J connectivity index is 1.46. The fourth-order valence-corrected chi connectivity index (χ4v) is 3.36. The molecule has 2 amide bonds. The maximum atomic E-state index is 14.8. The average Bonchev–Trinajstić information content (AvgIpc) is 3.32. The zero-order valence-corrected chi connectivity index (χ0v) is 16.8. The molecule has 2 aromatic carbocycles. The number of amides is 2. The highest BCUT2D eigenvalue weighted by Crippen LogP contribution is 2.29. The summed E-state index contributed by atoms with van der Waals surface area (Å²) >= 11 is 0. The Labute approximate surface area is 177 Å². The number of nitrogens with one attached hydrogen (secondary N) is 1. The van der Waals surface area contributed by atoms with E-state index in [0.29, 0.717) is 23.4 Å². The van der Waals surface area contributed by atoms with E-state index in [1.54, 1.807) is 23.1 Å². The minimum absolute atomic E-state index is 0.207. The molecule has 0 bridgehead atoms. The molecule has 3 N–H and O–H groups in total. The van der Waals surface area contributed by atoms with Crippen molar-refractivity contribution in [3.8, 4) is 11.1 Å². The van der Waals surface area contributed by atoms with Crippen LogP contribution in [-0.2, 0) is 16.1 Å². The van der Waals surface area contributed by atoms with Gasteiger partial charge < -0.3 is 15.8 Å². The maximum absolute atomic E-state index is 14.8. The molecule has 1 aliphatic heterocycles. The summed E-state index contributed by atoms with van der Waals surface area (Å²) in [5.74, 6) is -0.448. The van der Waals surface area contributed by atoms with Gasteiger partial charge in [-0.05, 0) is 29.3 Å². The van der Waals surface area contributed by atoms with Crippen molar-refractivity contribution in [1.29, 1.82) is 0 Å². The molecule has 1 saturated heterocycles. The SMILES string of the molecule is CC(=O)NCC1CN(c2ccc(-c3ccc(Cn4cnc(N)n4)cc3)c(F)c2)C(=O)O1. The zero-order chi connectivity index (χ0) is 22.0. The van der Waals surface area contributed by atoms with E-state index in [1.807, 2.05) is 24.3 Å². The number of cyclic esters (lactones) is 1. The summed E-state index contributed by atoms with van der Waals surface area (Å²) in [5.41, 5.74) is 8.01. The second-order valence-corrected chi connectivity index (χ2v) is 7.21. The van der Waals surface area contributed by atoms with Crippen molar-refractivity contribution < 1.29 is 18.7 Å². The van der Waals surface area contributed by atoms with Crippen molar-refractivity contribution in [2.45, 2.75) is 19.6 Å². The molecule has 0 saturated carbocycles. The van der Waals surface area contributed by atoms with Crippen LogP contribution < -0.4 is 16.0 Å². The predicted octanol–water partition coefficient (Wildman–Crippen LogP) is 2.18. The van der Waals surface area contributed by atoms with Gasteiger partial charge in [-0.3, -0.25) is 9.69 Å². The molecule has 0 spiro atoms. The van der Waals surface area contributed by atoms with Crippen molar-refractivity contribution >= 4 is 23.6 Å². The van der Waals surface area contributed by atoms with Gasteiger partial charge in [0.1, 0.15) is 18.2 Å². The number of anilines is 2. The Bertz CT molecular complexity index is 1110. The van der Waals surface area contributed by atoms with Crippen LogP contribution in [0.3, 0.4) is 0 Å². The first-order valence-corrected chi connectivity index (χ1v) is 9.65. The van der Waals surface area contributed by atoms with E-state index in [4.69, 9.17) is 10.5 Å². The lowest BCUT2D eigenvalue weighted by molar-refractivity contribution is -0.119. The molecule has 160 valence electrons. The van der Waals surface area contributed by atoms with Crippen LogP contribution in [0.4, 0.5) is 20.8 Å². The monoisotopic (exact) mass is 424 g/mol. The fraction of sp³-hybridized carbons (Fsp3) is 0.238. The molecule has 0 radical (unpaired) electrons. The second kappa shape index (κ2) is 8.42. The molecule has 1 aliphatic rings. The predicted molar refractivity (Wildman–Crippen MR) is 112 cm³/mol. The van der Waals surface area contributed by atoms with E-state index in [9.17, 15) is 14.0 Å². The molecule has 0 aliphatic carbocycles. The summed E-state index contributed by atoms with van der Waals surface area (Å²) in [6.07, 6.45) is 0.499. The third-order valence-electron chi connectivity index (χ3n) is 4.88. The van der Waals surface area contributed by atoms with Crippen LogP contribution >= 0.6 is 0 Å². The first-order chi connectivity index (χ1) is 14.9. The van der Waals surface area contributed by atoms with Gasteiger partial charge in [-0.2, -0.15) is 0 Å². The number of nitrogen functional groups attached to an aromatic ring is 1. The van der Waals surface area contributed by atoms with E-state index < -0.39 is 18.0 Å². The number of nitrogens with two attached hydrogens (primary N) is 1. The highest BCUT2D eigenvalue weighted by atomic mass is 19.1. The zero-order valence-electron chi connectivity index (χ0n) is 16.8. The lowest BCUT2D eigenvalue weighted by Crippen LogP contribution is -2.33. The standard InChI is InChI=1S/C21H21FN6O3/c1-13(29)24-9-17-11-28(21(30)31-17)16-6-7-18(19(22)8-16)15-4-2-14(3-5-15)10-27-12-25-20(23)26-27/h2-8,12,17H,9-11H2,1H3,(H2,23,26)(H,24,29). The Morgan fingerprint density at radius 1 is 1.29 bits per heavy atom. The van der Waals surface area contributed by atoms with Crippen molar-refractivity contribution in [3.63, 3.8) is 0 Å². The van der Waals surface area contributed by atoms with Gasteiger partial charge >= 0.3 is 6.09 Å². The highest BCUT2D eigenvalue weighted by Gasteiger charge is 2.32. The second-order valence-electron chi connectivity index (χ2n) is 7.21. The molecule has 1 unspecified atom stereocenters. The molecule has 1 fully saturated rings. The van der Waals surface area contributed by atoms with Gasteiger partial charge in [0.25, 0.3) is 0 Å². The summed E-state index contributed by atoms with van der Waals surface area (Å²) in [7, 11) is 0. The fourth-order valence-electron chi connectivity index (χ4n) is 3.36. The number of nitrogens with zero attached hydrogens (tertiary/aromatic N) is 4. The number of aromatic nitrogens is 3. The van der Waals surface area contributed by atoms with E-state index in [1.165, 1.54) is 17.9 Å². The van der Waals surface area contributed by atoms with Gasteiger partial charge in [0.2, 0.25) is 11.9 Å². The van der Waals surface area contributed by atoms with E-state index in [2.05, 4.69) is 15.4 Å². The van der Waals surface area contributed by atoms with Gasteiger partial charge in [-0.15, -0.1) is 5.10 Å². The van der Waals surface area contributed by atoms with Crippen LogP contribution in [0, 0.1) is 5.82 Å². The Morgan fingerprint density at radius 2 is 2.06 bits per heavy atom. The van der Waals surface area contributed by atoms with Gasteiger partial charge in [0.05, 0.1) is 25.3 Å². The molecular weight excluding hydrogens is 403 g/mol. The topological polar surface area (TPSA) is 115 Å². The third-order valence-corrected chi connectivity index (χ3v) is 4.88. The number of rotatable bonds is 6. The third kappa shape index (κ3) is 4.63. The number of halogens is 1. The number of hydrogen-bond donors (Lipinski definition) is 2. The van der Waals surface area contributed by atoms with E-state index >= 15 is 0 Å². The Morgan fingerprint density at radius 3 is 2.71 bits per heavy atom. The summed E-state index contributed by atoms with van der Waals surface area (Å²) < 4.78 is 21.7. The summed E-state index contributed by atoms with van der Waals surface area (Å²) in [5, 5.41) is 6.65. The number of hydrogen-bond acceptors (Lipinski definition) is 6.